The maximum atomic E-state index is 13.9. The van der Waals surface area contributed by atoms with E-state index < -0.39 is 11.9 Å². The van der Waals surface area contributed by atoms with Crippen LogP contribution in [0.2, 0.25) is 0 Å². The summed E-state index contributed by atoms with van der Waals surface area (Å²) in [6.45, 7) is 12.2. The van der Waals surface area contributed by atoms with Crippen LogP contribution in [0.25, 0.3) is 0 Å². The molecule has 1 aliphatic carbocycles. The van der Waals surface area contributed by atoms with Crippen LogP contribution in [0.15, 0.2) is 11.1 Å². The second-order valence-electron chi connectivity index (χ2n) is 10.4. The molecule has 180 valence electrons. The van der Waals surface area contributed by atoms with Crippen LogP contribution in [0, 0.1) is 35.0 Å². The molecule has 1 fully saturated rings. The molecule has 0 bridgehead atoms. The zero-order chi connectivity index (χ0) is 24.3. The highest BCUT2D eigenvalue weighted by Gasteiger charge is 2.40. The number of ketones is 1. The number of rotatable bonds is 7. The molecule has 7 heteroatoms. The number of nitrogens with zero attached hydrogens (tertiary/aromatic N) is 1. The van der Waals surface area contributed by atoms with Crippen molar-refractivity contribution >= 4 is 29.0 Å². The molecule has 0 spiro atoms. The van der Waals surface area contributed by atoms with Gasteiger partial charge in [-0.25, -0.2) is 9.79 Å². The summed E-state index contributed by atoms with van der Waals surface area (Å²) >= 11 is 1.14. The number of nitrogens with one attached hydrogen (secondary N) is 1. The highest BCUT2D eigenvalue weighted by molar-refractivity contribution is 7.14. The summed E-state index contributed by atoms with van der Waals surface area (Å²) in [6.07, 6.45) is 4.34. The zero-order valence-corrected chi connectivity index (χ0v) is 21.3. The topological polar surface area (TPSA) is 88.0 Å². The van der Waals surface area contributed by atoms with Gasteiger partial charge in [-0.05, 0) is 57.6 Å². The van der Waals surface area contributed by atoms with Gasteiger partial charge < -0.3 is 9.94 Å². The Kier molecular flexibility index (Phi) is 8.02. The van der Waals surface area contributed by atoms with Gasteiger partial charge in [0, 0.05) is 17.3 Å². The first kappa shape index (κ1) is 25.5. The second-order valence-corrected chi connectivity index (χ2v) is 11.5. The summed E-state index contributed by atoms with van der Waals surface area (Å²) in [4.78, 5) is 37.2. The van der Waals surface area contributed by atoms with Crippen LogP contribution in [-0.4, -0.2) is 28.9 Å². The summed E-state index contributed by atoms with van der Waals surface area (Å²) in [6, 6.07) is 1.80. The fourth-order valence-electron chi connectivity index (χ4n) is 4.44. The van der Waals surface area contributed by atoms with Gasteiger partial charge in [-0.15, -0.1) is 16.8 Å². The smallest absolute Gasteiger partial charge is 0.346 e. The number of aromatic carboxylic acids is 1. The molecule has 1 aromatic rings. The number of carboxylic acids is 1. The van der Waals surface area contributed by atoms with Crippen LogP contribution < -0.4 is 5.48 Å². The van der Waals surface area contributed by atoms with Crippen molar-refractivity contribution in [1.29, 1.82) is 0 Å². The van der Waals surface area contributed by atoms with Crippen molar-refractivity contribution in [2.75, 3.05) is 0 Å². The van der Waals surface area contributed by atoms with Crippen LogP contribution in [-0.2, 0) is 9.63 Å². The van der Waals surface area contributed by atoms with Gasteiger partial charge in [-0.3, -0.25) is 4.79 Å². The fraction of sp³-hybridized carbons (Fsp3) is 0.654. The van der Waals surface area contributed by atoms with Crippen LogP contribution in [0.1, 0.15) is 99.7 Å². The van der Waals surface area contributed by atoms with Gasteiger partial charge in [-0.1, -0.05) is 45.5 Å². The van der Waals surface area contributed by atoms with E-state index in [0.29, 0.717) is 22.3 Å². The molecule has 2 heterocycles. The van der Waals surface area contributed by atoms with E-state index in [4.69, 9.17) is 4.84 Å². The second kappa shape index (κ2) is 10.4. The Bertz CT molecular complexity index is 971. The molecule has 0 amide bonds. The minimum absolute atomic E-state index is 0.0729. The number of Topliss-reactive ketones (excluding diaryl/α,β-unsaturated/α-hetero) is 1. The molecule has 1 saturated carbocycles. The van der Waals surface area contributed by atoms with Crippen molar-refractivity contribution in [1.82, 2.24) is 5.48 Å². The predicted molar refractivity (Wildman–Crippen MR) is 131 cm³/mol. The average Bonchev–Trinajstić information content (AvgIpc) is 3.40. The standard InChI is InChI=1S/C26H36N2O4S/c1-7-20-27-24(32-28-20)16(3)21(22(29)17-10-8-15(2)9-11-17)19-14-18(12-13-26(4,5)6)33-23(19)25(30)31/h14-17,20-21,28H,7-11H2,1-6H3,(H,30,31). The van der Waals surface area contributed by atoms with Crippen molar-refractivity contribution < 1.29 is 19.5 Å². The van der Waals surface area contributed by atoms with Gasteiger partial charge in [0.25, 0.3) is 0 Å². The third-order valence-electron chi connectivity index (χ3n) is 6.43. The highest BCUT2D eigenvalue weighted by atomic mass is 32.1. The molecular weight excluding hydrogens is 436 g/mol. The van der Waals surface area contributed by atoms with Crippen LogP contribution >= 0.6 is 11.3 Å². The summed E-state index contributed by atoms with van der Waals surface area (Å²) in [5, 5.41) is 9.99. The van der Waals surface area contributed by atoms with Gasteiger partial charge >= 0.3 is 5.97 Å². The Morgan fingerprint density at radius 1 is 1.30 bits per heavy atom. The lowest BCUT2D eigenvalue weighted by molar-refractivity contribution is -0.126. The Morgan fingerprint density at radius 3 is 2.52 bits per heavy atom. The first-order valence-corrected chi connectivity index (χ1v) is 12.8. The molecule has 3 atom stereocenters. The van der Waals surface area contributed by atoms with E-state index in [0.717, 1.165) is 43.4 Å². The van der Waals surface area contributed by atoms with Gasteiger partial charge in [0.2, 0.25) is 5.90 Å². The quantitative estimate of drug-likeness (QED) is 0.502. The lowest BCUT2D eigenvalue weighted by atomic mass is 9.73. The third-order valence-corrected chi connectivity index (χ3v) is 7.49. The maximum absolute atomic E-state index is 13.9. The number of hydrogen-bond donors (Lipinski definition) is 2. The van der Waals surface area contributed by atoms with Crippen molar-refractivity contribution in [2.45, 2.75) is 85.7 Å². The van der Waals surface area contributed by atoms with Gasteiger partial charge in [0.1, 0.15) is 16.8 Å². The molecular formula is C26H36N2O4S. The summed E-state index contributed by atoms with van der Waals surface area (Å²) in [5.41, 5.74) is 3.23. The van der Waals surface area contributed by atoms with Crippen molar-refractivity contribution in [2.24, 2.45) is 28.2 Å². The molecule has 0 radical (unpaired) electrons. The van der Waals surface area contributed by atoms with E-state index in [-0.39, 0.29) is 34.1 Å². The first-order valence-electron chi connectivity index (χ1n) is 11.9. The lowest BCUT2D eigenvalue weighted by Crippen LogP contribution is -2.33. The molecule has 2 aliphatic rings. The van der Waals surface area contributed by atoms with Crippen LogP contribution in [0.5, 0.6) is 0 Å². The summed E-state index contributed by atoms with van der Waals surface area (Å²) < 4.78 is 0. The Labute approximate surface area is 201 Å². The molecule has 0 aromatic carbocycles. The maximum Gasteiger partial charge on any atom is 0.346 e. The van der Waals surface area contributed by atoms with E-state index in [1.165, 1.54) is 0 Å². The minimum Gasteiger partial charge on any atom is -0.477 e. The van der Waals surface area contributed by atoms with E-state index in [2.05, 4.69) is 29.2 Å². The van der Waals surface area contributed by atoms with Crippen molar-refractivity contribution in [3.63, 3.8) is 0 Å². The van der Waals surface area contributed by atoms with Gasteiger partial charge in [0.05, 0.1) is 10.8 Å². The van der Waals surface area contributed by atoms with E-state index in [1.807, 2.05) is 34.6 Å². The van der Waals surface area contributed by atoms with E-state index >= 15 is 0 Å². The van der Waals surface area contributed by atoms with Gasteiger partial charge in [0.15, 0.2) is 0 Å². The first-order chi connectivity index (χ1) is 15.5. The molecule has 6 nitrogen and oxygen atoms in total. The zero-order valence-electron chi connectivity index (χ0n) is 20.5. The molecule has 2 N–H and O–H groups in total. The number of thiophene rings is 1. The molecule has 33 heavy (non-hydrogen) atoms. The van der Waals surface area contributed by atoms with E-state index in [9.17, 15) is 14.7 Å². The molecule has 3 rings (SSSR count). The fourth-order valence-corrected chi connectivity index (χ4v) is 5.34. The monoisotopic (exact) mass is 472 g/mol. The molecule has 3 unspecified atom stereocenters. The minimum atomic E-state index is -1.03. The van der Waals surface area contributed by atoms with Crippen molar-refractivity contribution in [3.05, 3.63) is 21.4 Å². The number of aliphatic imine (C=N–C) groups is 1. The number of hydroxylamine groups is 1. The average molecular weight is 473 g/mol. The summed E-state index contributed by atoms with van der Waals surface area (Å²) in [5.74, 6) is 5.37. The molecule has 1 aromatic heterocycles. The summed E-state index contributed by atoms with van der Waals surface area (Å²) in [7, 11) is 0. The Morgan fingerprint density at radius 2 is 1.97 bits per heavy atom. The SMILES string of the molecule is CCC1N=C(C(C)C(C(=O)C2CCC(C)CC2)c2cc(C#CC(C)(C)C)sc2C(=O)O)ON1. The lowest BCUT2D eigenvalue weighted by Gasteiger charge is -2.30. The van der Waals surface area contributed by atoms with Gasteiger partial charge in [-0.2, -0.15) is 0 Å². The number of hydrogen-bond acceptors (Lipinski definition) is 6. The largest absolute Gasteiger partial charge is 0.477 e. The third kappa shape index (κ3) is 6.24. The van der Waals surface area contributed by atoms with Crippen LogP contribution in [0.3, 0.4) is 0 Å². The number of carbonyl (C=O) groups excluding carboxylic acids is 1. The van der Waals surface area contributed by atoms with Crippen LogP contribution in [0.4, 0.5) is 0 Å². The Hall–Kier alpha value is -2.17. The van der Waals surface area contributed by atoms with Crippen molar-refractivity contribution in [3.8, 4) is 11.8 Å². The highest BCUT2D eigenvalue weighted by Crippen LogP contribution is 2.40. The molecule has 0 saturated heterocycles. The Balaban J connectivity index is 2.04. The number of carboxylic acid groups (broad SMARTS) is 1. The molecule has 1 aliphatic heterocycles. The predicted octanol–water partition coefficient (Wildman–Crippen LogP) is 5.63. The van der Waals surface area contributed by atoms with E-state index in [1.54, 1.807) is 6.07 Å². The normalized spacial score (nSPS) is 24.8. The number of carbonyl (C=O) groups is 2.